The molecule has 4 heterocycles. The van der Waals surface area contributed by atoms with Gasteiger partial charge in [0.1, 0.15) is 5.84 Å². The number of rotatable bonds is 3. The lowest BCUT2D eigenvalue weighted by molar-refractivity contribution is 0.902. The van der Waals surface area contributed by atoms with Crippen LogP contribution >= 0.6 is 0 Å². The van der Waals surface area contributed by atoms with Crippen LogP contribution in [0.1, 0.15) is 25.0 Å². The summed E-state index contributed by atoms with van der Waals surface area (Å²) in [5, 5.41) is 15.4. The first kappa shape index (κ1) is 14.6. The van der Waals surface area contributed by atoms with Gasteiger partial charge in [0.25, 0.3) is 0 Å². The van der Waals surface area contributed by atoms with Gasteiger partial charge in [-0.1, -0.05) is 6.07 Å². The van der Waals surface area contributed by atoms with Crippen LogP contribution in [-0.4, -0.2) is 23.1 Å². The first-order valence-corrected chi connectivity index (χ1v) is 8.20. The zero-order valence-corrected chi connectivity index (χ0v) is 13.3. The van der Waals surface area contributed by atoms with Crippen molar-refractivity contribution in [1.82, 2.24) is 15.6 Å². The molecule has 0 radical (unpaired) electrons. The summed E-state index contributed by atoms with van der Waals surface area (Å²) in [4.78, 5) is 8.81. The van der Waals surface area contributed by atoms with Crippen molar-refractivity contribution >= 4 is 11.5 Å². The van der Waals surface area contributed by atoms with Crippen LogP contribution in [0.15, 0.2) is 76.4 Å². The summed E-state index contributed by atoms with van der Waals surface area (Å²) in [6.07, 6.45) is 12.4. The van der Waals surface area contributed by atoms with Gasteiger partial charge in [0.15, 0.2) is 0 Å². The molecular formula is C19H19N5. The Hall–Kier alpha value is -2.95. The highest BCUT2D eigenvalue weighted by molar-refractivity contribution is 6.13. The van der Waals surface area contributed by atoms with E-state index in [2.05, 4.69) is 26.7 Å². The molecule has 5 nitrogen and oxygen atoms in total. The van der Waals surface area contributed by atoms with E-state index >= 15 is 0 Å². The molecule has 120 valence electrons. The SMILES string of the molecule is N=C(/C(C1=C2C=CNC(=NC=C1)C2)=C1/CCCN1)c1ccccn1. The molecule has 0 saturated carbocycles. The molecule has 0 aliphatic carbocycles. The van der Waals surface area contributed by atoms with Crippen molar-refractivity contribution in [2.24, 2.45) is 4.99 Å². The predicted octanol–water partition coefficient (Wildman–Crippen LogP) is 2.82. The highest BCUT2D eigenvalue weighted by Gasteiger charge is 2.24. The molecule has 1 aromatic rings. The zero-order chi connectivity index (χ0) is 16.4. The molecule has 0 unspecified atom stereocenters. The number of hydrogen-bond acceptors (Lipinski definition) is 5. The van der Waals surface area contributed by atoms with Crippen molar-refractivity contribution < 1.29 is 0 Å². The van der Waals surface area contributed by atoms with Crippen LogP contribution in [0.5, 0.6) is 0 Å². The first-order chi connectivity index (χ1) is 11.8. The third kappa shape index (κ3) is 2.69. The maximum Gasteiger partial charge on any atom is 0.110 e. The second-order valence-electron chi connectivity index (χ2n) is 5.96. The molecule has 0 aromatic carbocycles. The Bertz CT molecular complexity index is 817. The van der Waals surface area contributed by atoms with Gasteiger partial charge in [-0.25, -0.2) is 4.99 Å². The summed E-state index contributed by atoms with van der Waals surface area (Å²) in [5.74, 6) is 0.937. The number of nitrogens with zero attached hydrogens (tertiary/aromatic N) is 2. The first-order valence-electron chi connectivity index (χ1n) is 8.20. The summed E-state index contributed by atoms with van der Waals surface area (Å²) in [6, 6.07) is 5.69. The number of aromatic nitrogens is 1. The van der Waals surface area contributed by atoms with E-state index in [1.54, 1.807) is 6.20 Å². The molecule has 0 spiro atoms. The molecule has 3 N–H and O–H groups in total. The minimum Gasteiger partial charge on any atom is -0.388 e. The topological polar surface area (TPSA) is 73.2 Å². The maximum absolute atomic E-state index is 8.79. The number of amidine groups is 1. The normalized spacial score (nSPS) is 20.9. The van der Waals surface area contributed by atoms with E-state index in [4.69, 9.17) is 5.41 Å². The fourth-order valence-corrected chi connectivity index (χ4v) is 3.24. The van der Waals surface area contributed by atoms with Gasteiger partial charge in [-0.3, -0.25) is 10.4 Å². The van der Waals surface area contributed by atoms with E-state index in [-0.39, 0.29) is 0 Å². The van der Waals surface area contributed by atoms with Crippen molar-refractivity contribution in [2.75, 3.05) is 6.54 Å². The molecule has 1 saturated heterocycles. The molecule has 4 rings (SSSR count). The Balaban J connectivity index is 1.86. The third-order valence-corrected chi connectivity index (χ3v) is 4.39. The molecule has 3 aliphatic heterocycles. The van der Waals surface area contributed by atoms with Crippen LogP contribution in [0.2, 0.25) is 0 Å². The van der Waals surface area contributed by atoms with Crippen molar-refractivity contribution in [3.8, 4) is 0 Å². The Morgan fingerprint density at radius 1 is 1.21 bits per heavy atom. The minimum absolute atomic E-state index is 0.461. The summed E-state index contributed by atoms with van der Waals surface area (Å²) in [6.45, 7) is 0.958. The average molecular weight is 317 g/mol. The van der Waals surface area contributed by atoms with E-state index in [1.165, 1.54) is 5.57 Å². The number of nitrogens with one attached hydrogen (secondary N) is 3. The predicted molar refractivity (Wildman–Crippen MR) is 95.8 cm³/mol. The van der Waals surface area contributed by atoms with Gasteiger partial charge in [-0.05, 0) is 48.3 Å². The van der Waals surface area contributed by atoms with Crippen LogP contribution in [0.4, 0.5) is 0 Å². The molecule has 0 amide bonds. The lowest BCUT2D eigenvalue weighted by Gasteiger charge is -2.19. The fourth-order valence-electron chi connectivity index (χ4n) is 3.24. The summed E-state index contributed by atoms with van der Waals surface area (Å²) < 4.78 is 0. The van der Waals surface area contributed by atoms with Crippen molar-refractivity contribution in [3.63, 3.8) is 0 Å². The Morgan fingerprint density at radius 2 is 2.17 bits per heavy atom. The molecule has 5 heteroatoms. The van der Waals surface area contributed by atoms with Crippen molar-refractivity contribution in [2.45, 2.75) is 19.3 Å². The number of fused-ring (bicyclic) bond motifs is 2. The van der Waals surface area contributed by atoms with Crippen LogP contribution in [0.25, 0.3) is 0 Å². The summed E-state index contributed by atoms with van der Waals surface area (Å²) >= 11 is 0. The van der Waals surface area contributed by atoms with Gasteiger partial charge in [-0.15, -0.1) is 0 Å². The van der Waals surface area contributed by atoms with Gasteiger partial charge in [0, 0.05) is 42.8 Å². The van der Waals surface area contributed by atoms with Gasteiger partial charge >= 0.3 is 0 Å². The number of pyridine rings is 1. The van der Waals surface area contributed by atoms with E-state index in [0.717, 1.165) is 48.5 Å². The van der Waals surface area contributed by atoms with Gasteiger partial charge in [-0.2, -0.15) is 0 Å². The van der Waals surface area contributed by atoms with Crippen LogP contribution in [-0.2, 0) is 0 Å². The second-order valence-corrected chi connectivity index (χ2v) is 5.96. The van der Waals surface area contributed by atoms with Crippen LogP contribution < -0.4 is 10.6 Å². The highest BCUT2D eigenvalue weighted by Crippen LogP contribution is 2.30. The van der Waals surface area contributed by atoms with Crippen LogP contribution in [0, 0.1) is 5.41 Å². The molecule has 24 heavy (non-hydrogen) atoms. The summed E-state index contributed by atoms with van der Waals surface area (Å²) in [5.41, 5.74) is 5.47. The van der Waals surface area contributed by atoms with Gasteiger partial charge in [0.05, 0.1) is 11.4 Å². The standard InChI is InChI=1S/C19H19N5/c20-19(16-4-1-2-8-22-16)18(15-5-3-9-21-15)14-7-11-24-17-12-13(14)6-10-23-17/h1-2,4,6-8,10-11,20-21H,3,5,9,12H2,(H,23,24)/b18-15-,20-19?. The Labute approximate surface area is 141 Å². The monoisotopic (exact) mass is 317 g/mol. The number of aliphatic imine (C=N–C) groups is 1. The van der Waals surface area contributed by atoms with Gasteiger partial charge < -0.3 is 10.6 Å². The molecule has 2 bridgehead atoms. The Kier molecular flexibility index (Phi) is 3.83. The Morgan fingerprint density at radius 3 is 2.96 bits per heavy atom. The fraction of sp³-hybridized carbons (Fsp3) is 0.211. The lowest BCUT2D eigenvalue weighted by Crippen LogP contribution is -2.22. The second kappa shape index (κ2) is 6.28. The molecular weight excluding hydrogens is 298 g/mol. The quantitative estimate of drug-likeness (QED) is 0.751. The molecule has 3 aliphatic rings. The van der Waals surface area contributed by atoms with Gasteiger partial charge in [0.2, 0.25) is 0 Å². The number of allylic oxidation sites excluding steroid dienone is 5. The summed E-state index contributed by atoms with van der Waals surface area (Å²) in [7, 11) is 0. The molecule has 1 fully saturated rings. The van der Waals surface area contributed by atoms with E-state index in [9.17, 15) is 0 Å². The third-order valence-electron chi connectivity index (χ3n) is 4.39. The van der Waals surface area contributed by atoms with Crippen LogP contribution in [0.3, 0.4) is 0 Å². The largest absolute Gasteiger partial charge is 0.388 e. The molecule has 0 atom stereocenters. The smallest absolute Gasteiger partial charge is 0.110 e. The average Bonchev–Trinajstić information content (AvgIpc) is 3.11. The minimum atomic E-state index is 0.461. The highest BCUT2D eigenvalue weighted by atomic mass is 15.0. The van der Waals surface area contributed by atoms with Crippen molar-refractivity contribution in [3.05, 3.63) is 77.1 Å². The molecule has 1 aromatic heterocycles. The zero-order valence-electron chi connectivity index (χ0n) is 13.3. The maximum atomic E-state index is 8.79. The number of hydrogen-bond donors (Lipinski definition) is 3. The van der Waals surface area contributed by atoms with Crippen molar-refractivity contribution in [1.29, 1.82) is 5.41 Å². The lowest BCUT2D eigenvalue weighted by atomic mass is 9.90. The van der Waals surface area contributed by atoms with E-state index < -0.39 is 0 Å². The van der Waals surface area contributed by atoms with E-state index in [1.807, 2.05) is 36.7 Å². The van der Waals surface area contributed by atoms with E-state index in [0.29, 0.717) is 11.4 Å².